The summed E-state index contributed by atoms with van der Waals surface area (Å²) in [6.07, 6.45) is 0.651. The van der Waals surface area contributed by atoms with Crippen molar-refractivity contribution in [1.82, 2.24) is 9.71 Å². The van der Waals surface area contributed by atoms with Crippen molar-refractivity contribution in [2.75, 3.05) is 11.4 Å². The van der Waals surface area contributed by atoms with E-state index >= 15 is 0 Å². The Morgan fingerprint density at radius 3 is 2.75 bits per heavy atom. The van der Waals surface area contributed by atoms with Crippen LogP contribution in [0.2, 0.25) is 0 Å². The van der Waals surface area contributed by atoms with Crippen molar-refractivity contribution >= 4 is 21.6 Å². The van der Waals surface area contributed by atoms with Crippen LogP contribution >= 0.6 is 0 Å². The minimum Gasteiger partial charge on any atom is -0.444 e. The first-order valence-electron chi connectivity index (χ1n) is 7.61. The summed E-state index contributed by atoms with van der Waals surface area (Å²) in [6, 6.07) is 4.82. The average molecular weight is 349 g/mol. The fourth-order valence-corrected chi connectivity index (χ4v) is 3.89. The molecule has 2 aromatic rings. The topological polar surface area (TPSA) is 92.5 Å². The van der Waals surface area contributed by atoms with Gasteiger partial charge in [0.15, 0.2) is 5.89 Å². The van der Waals surface area contributed by atoms with Gasteiger partial charge in [-0.3, -0.25) is 4.79 Å². The SMILES string of the molecule is CC(=O)N1CCc2cc(S(=O)(=O)NCc3oc(C)nc3C)ccc21. The van der Waals surface area contributed by atoms with Crippen molar-refractivity contribution < 1.29 is 17.6 Å². The van der Waals surface area contributed by atoms with Crippen LogP contribution in [-0.2, 0) is 27.8 Å². The third-order valence-electron chi connectivity index (χ3n) is 4.06. The maximum atomic E-state index is 12.5. The minimum atomic E-state index is -3.67. The van der Waals surface area contributed by atoms with E-state index in [2.05, 4.69) is 9.71 Å². The second kappa shape index (κ2) is 6.03. The molecule has 1 aromatic carbocycles. The van der Waals surface area contributed by atoms with Gasteiger partial charge in [0.2, 0.25) is 15.9 Å². The highest BCUT2D eigenvalue weighted by atomic mass is 32.2. The van der Waals surface area contributed by atoms with Gasteiger partial charge in [-0.2, -0.15) is 0 Å². The molecule has 24 heavy (non-hydrogen) atoms. The Hall–Kier alpha value is -2.19. The predicted molar refractivity (Wildman–Crippen MR) is 88.2 cm³/mol. The molecule has 0 spiro atoms. The molecule has 8 heteroatoms. The molecule has 0 bridgehead atoms. The lowest BCUT2D eigenvalue weighted by molar-refractivity contribution is -0.116. The number of carbonyl (C=O) groups is 1. The Balaban J connectivity index is 1.81. The van der Waals surface area contributed by atoms with E-state index in [0.29, 0.717) is 30.3 Å². The first kappa shape index (κ1) is 16.7. The van der Waals surface area contributed by atoms with Crippen LogP contribution in [0.15, 0.2) is 27.5 Å². The van der Waals surface area contributed by atoms with Gasteiger partial charge in [0.05, 0.1) is 17.1 Å². The number of benzene rings is 1. The van der Waals surface area contributed by atoms with Crippen molar-refractivity contribution in [3.05, 3.63) is 41.1 Å². The molecule has 1 aliphatic rings. The number of amides is 1. The molecule has 0 atom stereocenters. The van der Waals surface area contributed by atoms with Crippen LogP contribution < -0.4 is 9.62 Å². The quantitative estimate of drug-likeness (QED) is 0.906. The second-order valence-electron chi connectivity index (χ2n) is 5.78. The second-order valence-corrected chi connectivity index (χ2v) is 7.54. The van der Waals surface area contributed by atoms with Crippen molar-refractivity contribution in [2.45, 2.75) is 38.6 Å². The maximum absolute atomic E-state index is 12.5. The Kier molecular flexibility index (Phi) is 4.18. The molecule has 0 saturated carbocycles. The van der Waals surface area contributed by atoms with Crippen LogP contribution in [0.1, 0.15) is 29.8 Å². The number of anilines is 1. The number of nitrogens with zero attached hydrogens (tertiary/aromatic N) is 2. The molecule has 3 rings (SSSR count). The standard InChI is InChI=1S/C16H19N3O4S/c1-10-16(23-11(2)18-10)9-17-24(21,22)14-4-5-15-13(8-14)6-7-19(15)12(3)20/h4-5,8,17H,6-7,9H2,1-3H3. The predicted octanol–water partition coefficient (Wildman–Crippen LogP) is 1.68. The Morgan fingerprint density at radius 2 is 2.12 bits per heavy atom. The van der Waals surface area contributed by atoms with E-state index in [-0.39, 0.29) is 17.3 Å². The third-order valence-corrected chi connectivity index (χ3v) is 5.46. The first-order valence-corrected chi connectivity index (χ1v) is 9.10. The van der Waals surface area contributed by atoms with Crippen molar-refractivity contribution in [2.24, 2.45) is 0 Å². The zero-order valence-electron chi connectivity index (χ0n) is 13.8. The fraction of sp³-hybridized carbons (Fsp3) is 0.375. The number of carbonyl (C=O) groups excluding carboxylic acids is 1. The third kappa shape index (κ3) is 3.07. The van der Waals surface area contributed by atoms with Crippen LogP contribution in [0.25, 0.3) is 0 Å². The molecule has 0 unspecified atom stereocenters. The van der Waals surface area contributed by atoms with Gasteiger partial charge in [0.1, 0.15) is 5.76 Å². The lowest BCUT2D eigenvalue weighted by Gasteiger charge is -2.15. The normalized spacial score (nSPS) is 14.0. The summed E-state index contributed by atoms with van der Waals surface area (Å²) < 4.78 is 32.9. The van der Waals surface area contributed by atoms with Crippen molar-refractivity contribution in [3.63, 3.8) is 0 Å². The molecule has 1 amide bonds. The lowest BCUT2D eigenvalue weighted by atomic mass is 10.2. The van der Waals surface area contributed by atoms with Gasteiger partial charge >= 0.3 is 0 Å². The van der Waals surface area contributed by atoms with E-state index in [1.165, 1.54) is 13.0 Å². The summed E-state index contributed by atoms with van der Waals surface area (Å²) in [7, 11) is -3.67. The van der Waals surface area contributed by atoms with Crippen LogP contribution in [0.5, 0.6) is 0 Å². The van der Waals surface area contributed by atoms with Gasteiger partial charge in [-0.25, -0.2) is 18.1 Å². The van der Waals surface area contributed by atoms with Crippen LogP contribution in [0.4, 0.5) is 5.69 Å². The molecule has 128 valence electrons. The van der Waals surface area contributed by atoms with Gasteiger partial charge in [0, 0.05) is 26.1 Å². The molecule has 1 aromatic heterocycles. The lowest BCUT2D eigenvalue weighted by Crippen LogP contribution is -2.26. The number of sulfonamides is 1. The molecule has 1 N–H and O–H groups in total. The number of aryl methyl sites for hydroxylation is 2. The number of hydrogen-bond acceptors (Lipinski definition) is 5. The number of rotatable bonds is 4. The van der Waals surface area contributed by atoms with E-state index in [0.717, 1.165) is 11.3 Å². The van der Waals surface area contributed by atoms with Gasteiger partial charge in [-0.15, -0.1) is 0 Å². The molecule has 0 radical (unpaired) electrons. The monoisotopic (exact) mass is 349 g/mol. The highest BCUT2D eigenvalue weighted by molar-refractivity contribution is 7.89. The van der Waals surface area contributed by atoms with Gasteiger partial charge in [-0.05, 0) is 37.1 Å². The largest absolute Gasteiger partial charge is 0.444 e. The van der Waals surface area contributed by atoms with E-state index in [1.807, 2.05) is 0 Å². The van der Waals surface area contributed by atoms with E-state index in [1.54, 1.807) is 30.9 Å². The molecule has 1 aliphatic heterocycles. The number of fused-ring (bicyclic) bond motifs is 1. The zero-order chi connectivity index (χ0) is 17.5. The summed E-state index contributed by atoms with van der Waals surface area (Å²) in [5.74, 6) is 0.960. The van der Waals surface area contributed by atoms with Crippen LogP contribution in [0.3, 0.4) is 0 Å². The van der Waals surface area contributed by atoms with E-state index in [4.69, 9.17) is 4.42 Å². The number of nitrogens with one attached hydrogen (secondary N) is 1. The number of oxazole rings is 1. The van der Waals surface area contributed by atoms with E-state index < -0.39 is 10.0 Å². The first-order chi connectivity index (χ1) is 11.3. The molecule has 0 saturated heterocycles. The fourth-order valence-electron chi connectivity index (χ4n) is 2.85. The number of hydrogen-bond donors (Lipinski definition) is 1. The molecular weight excluding hydrogens is 330 g/mol. The van der Waals surface area contributed by atoms with Gasteiger partial charge in [0.25, 0.3) is 0 Å². The number of aromatic nitrogens is 1. The smallest absolute Gasteiger partial charge is 0.240 e. The Morgan fingerprint density at radius 1 is 1.38 bits per heavy atom. The van der Waals surface area contributed by atoms with Crippen molar-refractivity contribution in [3.8, 4) is 0 Å². The van der Waals surface area contributed by atoms with Gasteiger partial charge < -0.3 is 9.32 Å². The van der Waals surface area contributed by atoms with Crippen LogP contribution in [0, 0.1) is 13.8 Å². The Bertz CT molecular complexity index is 902. The summed E-state index contributed by atoms with van der Waals surface area (Å²) in [5, 5.41) is 0. The maximum Gasteiger partial charge on any atom is 0.240 e. The summed E-state index contributed by atoms with van der Waals surface area (Å²) >= 11 is 0. The molecular formula is C16H19N3O4S. The average Bonchev–Trinajstić information content (AvgIpc) is 3.07. The Labute approximate surface area is 140 Å². The molecule has 7 nitrogen and oxygen atoms in total. The van der Waals surface area contributed by atoms with E-state index in [9.17, 15) is 13.2 Å². The zero-order valence-corrected chi connectivity index (χ0v) is 14.6. The summed E-state index contributed by atoms with van der Waals surface area (Å²) in [5.41, 5.74) is 2.31. The summed E-state index contributed by atoms with van der Waals surface area (Å²) in [4.78, 5) is 17.5. The molecule has 0 aliphatic carbocycles. The van der Waals surface area contributed by atoms with Crippen molar-refractivity contribution in [1.29, 1.82) is 0 Å². The molecule has 0 fully saturated rings. The summed E-state index contributed by atoms with van der Waals surface area (Å²) in [6.45, 7) is 5.62. The minimum absolute atomic E-state index is 0.0429. The highest BCUT2D eigenvalue weighted by Crippen LogP contribution is 2.30. The van der Waals surface area contributed by atoms with Gasteiger partial charge in [-0.1, -0.05) is 0 Å². The van der Waals surface area contributed by atoms with Crippen LogP contribution in [-0.4, -0.2) is 25.9 Å². The highest BCUT2D eigenvalue weighted by Gasteiger charge is 2.25. The molecule has 2 heterocycles.